The molecule has 1 fully saturated rings. The van der Waals surface area contributed by atoms with E-state index in [9.17, 15) is 10.1 Å². The summed E-state index contributed by atoms with van der Waals surface area (Å²) in [5.74, 6) is -0.0541. The molecular formula is C20H23N5O. The Hall–Kier alpha value is -2.91. The summed E-state index contributed by atoms with van der Waals surface area (Å²) in [5, 5.41) is 9.58. The van der Waals surface area contributed by atoms with E-state index in [-0.39, 0.29) is 11.9 Å². The van der Waals surface area contributed by atoms with E-state index in [0.717, 1.165) is 11.3 Å². The van der Waals surface area contributed by atoms with Gasteiger partial charge in [0, 0.05) is 52.2 Å². The van der Waals surface area contributed by atoms with Crippen molar-refractivity contribution in [3.63, 3.8) is 0 Å². The van der Waals surface area contributed by atoms with Gasteiger partial charge in [-0.15, -0.1) is 0 Å². The monoisotopic (exact) mass is 349 g/mol. The van der Waals surface area contributed by atoms with E-state index >= 15 is 0 Å². The van der Waals surface area contributed by atoms with E-state index in [1.54, 1.807) is 6.20 Å². The van der Waals surface area contributed by atoms with Crippen LogP contribution in [0.2, 0.25) is 0 Å². The van der Waals surface area contributed by atoms with Crippen LogP contribution < -0.4 is 4.90 Å². The van der Waals surface area contributed by atoms with Gasteiger partial charge in [0.1, 0.15) is 11.7 Å². The van der Waals surface area contributed by atoms with Crippen molar-refractivity contribution in [1.29, 1.82) is 5.26 Å². The summed E-state index contributed by atoms with van der Waals surface area (Å²) in [5.41, 5.74) is 2.41. The Morgan fingerprint density at radius 1 is 1.15 bits per heavy atom. The molecule has 1 aliphatic rings. The highest BCUT2D eigenvalue weighted by molar-refractivity contribution is 5.93. The smallest absolute Gasteiger partial charge is 0.272 e. The second kappa shape index (κ2) is 7.98. The van der Waals surface area contributed by atoms with E-state index in [2.05, 4.69) is 16.0 Å². The first-order valence-electron chi connectivity index (χ1n) is 8.71. The fraction of sp³-hybridized carbons (Fsp3) is 0.350. The molecule has 0 N–H and O–H groups in total. The van der Waals surface area contributed by atoms with Crippen molar-refractivity contribution in [2.45, 2.75) is 6.04 Å². The molecule has 1 unspecified atom stereocenters. The molecule has 0 aliphatic carbocycles. The molecule has 134 valence electrons. The Balaban J connectivity index is 1.66. The van der Waals surface area contributed by atoms with Crippen molar-refractivity contribution in [2.24, 2.45) is 0 Å². The Morgan fingerprint density at radius 3 is 2.46 bits per heavy atom. The summed E-state index contributed by atoms with van der Waals surface area (Å²) in [4.78, 5) is 22.9. The van der Waals surface area contributed by atoms with Gasteiger partial charge in [-0.3, -0.25) is 14.7 Å². The van der Waals surface area contributed by atoms with Crippen LogP contribution >= 0.6 is 0 Å². The largest absolute Gasteiger partial charge is 0.378 e. The predicted octanol–water partition coefficient (Wildman–Crippen LogP) is 2.17. The van der Waals surface area contributed by atoms with E-state index in [4.69, 9.17) is 0 Å². The first kappa shape index (κ1) is 17.9. The highest BCUT2D eigenvalue weighted by atomic mass is 16.2. The van der Waals surface area contributed by atoms with Gasteiger partial charge in [0.05, 0.1) is 6.07 Å². The van der Waals surface area contributed by atoms with Gasteiger partial charge in [-0.2, -0.15) is 5.26 Å². The molecule has 3 rings (SSSR count). The summed E-state index contributed by atoms with van der Waals surface area (Å²) >= 11 is 0. The van der Waals surface area contributed by atoms with Crippen molar-refractivity contribution in [2.75, 3.05) is 45.2 Å². The predicted molar refractivity (Wildman–Crippen MR) is 101 cm³/mol. The van der Waals surface area contributed by atoms with Crippen LogP contribution in [0.5, 0.6) is 0 Å². The maximum Gasteiger partial charge on any atom is 0.272 e. The highest BCUT2D eigenvalue weighted by Crippen LogP contribution is 2.22. The number of nitrogens with zero attached hydrogens (tertiary/aromatic N) is 5. The van der Waals surface area contributed by atoms with Crippen molar-refractivity contribution < 1.29 is 4.79 Å². The number of rotatable bonds is 4. The van der Waals surface area contributed by atoms with Gasteiger partial charge >= 0.3 is 0 Å². The Labute approximate surface area is 154 Å². The zero-order valence-corrected chi connectivity index (χ0v) is 15.2. The molecule has 26 heavy (non-hydrogen) atoms. The second-order valence-electron chi connectivity index (χ2n) is 6.56. The quantitative estimate of drug-likeness (QED) is 0.846. The summed E-state index contributed by atoms with van der Waals surface area (Å²) in [6.45, 7) is 2.54. The number of pyridine rings is 1. The summed E-state index contributed by atoms with van der Waals surface area (Å²) < 4.78 is 0. The van der Waals surface area contributed by atoms with Crippen molar-refractivity contribution in [3.8, 4) is 6.07 Å². The normalized spacial score (nSPS) is 16.0. The van der Waals surface area contributed by atoms with Gasteiger partial charge in [0.25, 0.3) is 5.91 Å². The lowest BCUT2D eigenvalue weighted by molar-refractivity contribution is 0.0601. The van der Waals surface area contributed by atoms with Gasteiger partial charge in [0.2, 0.25) is 0 Å². The maximum absolute atomic E-state index is 12.8. The number of amides is 1. The topological polar surface area (TPSA) is 63.5 Å². The molecule has 0 bridgehead atoms. The third kappa shape index (κ3) is 3.84. The molecule has 0 radical (unpaired) electrons. The van der Waals surface area contributed by atoms with Crippen LogP contribution in [0.1, 0.15) is 22.1 Å². The van der Waals surface area contributed by atoms with Crippen molar-refractivity contribution in [1.82, 2.24) is 14.8 Å². The maximum atomic E-state index is 12.8. The molecule has 0 spiro atoms. The van der Waals surface area contributed by atoms with E-state index in [1.807, 2.05) is 66.4 Å². The van der Waals surface area contributed by atoms with Crippen LogP contribution in [0.4, 0.5) is 5.69 Å². The average Bonchev–Trinajstić information content (AvgIpc) is 2.69. The number of aromatic nitrogens is 1. The molecule has 1 atom stereocenters. The van der Waals surface area contributed by atoms with Crippen LogP contribution in [-0.4, -0.2) is 61.0 Å². The minimum atomic E-state index is -0.274. The lowest BCUT2D eigenvalue weighted by Gasteiger charge is -2.37. The van der Waals surface area contributed by atoms with Crippen molar-refractivity contribution >= 4 is 11.6 Å². The summed E-state index contributed by atoms with van der Waals surface area (Å²) in [6, 6.07) is 15.6. The van der Waals surface area contributed by atoms with Gasteiger partial charge in [-0.05, 0) is 17.7 Å². The van der Waals surface area contributed by atoms with Crippen LogP contribution in [0, 0.1) is 11.3 Å². The first-order valence-corrected chi connectivity index (χ1v) is 8.71. The number of nitriles is 1. The average molecular weight is 349 g/mol. The summed E-state index contributed by atoms with van der Waals surface area (Å²) in [7, 11) is 3.88. The van der Waals surface area contributed by atoms with E-state index < -0.39 is 0 Å². The number of carbonyl (C=O) groups is 1. The number of benzene rings is 1. The van der Waals surface area contributed by atoms with E-state index in [1.165, 1.54) is 0 Å². The fourth-order valence-corrected chi connectivity index (χ4v) is 3.16. The third-order valence-corrected chi connectivity index (χ3v) is 4.68. The van der Waals surface area contributed by atoms with Crippen LogP contribution in [-0.2, 0) is 0 Å². The van der Waals surface area contributed by atoms with Gasteiger partial charge < -0.3 is 9.80 Å². The zero-order chi connectivity index (χ0) is 18.5. The molecule has 1 aliphatic heterocycles. The van der Waals surface area contributed by atoms with Gasteiger partial charge in [0.15, 0.2) is 0 Å². The lowest BCUT2D eigenvalue weighted by atomic mass is 10.1. The molecule has 1 aromatic carbocycles. The molecule has 6 nitrogen and oxygen atoms in total. The molecule has 2 aromatic rings. The molecule has 0 saturated carbocycles. The van der Waals surface area contributed by atoms with Gasteiger partial charge in [-0.1, -0.05) is 30.3 Å². The molecule has 1 amide bonds. The lowest BCUT2D eigenvalue weighted by Crippen LogP contribution is -2.49. The Kier molecular flexibility index (Phi) is 5.49. The molecule has 1 aromatic heterocycles. The van der Waals surface area contributed by atoms with Crippen LogP contribution in [0.15, 0.2) is 48.7 Å². The minimum Gasteiger partial charge on any atom is -0.378 e. The number of hydrogen-bond acceptors (Lipinski definition) is 5. The number of anilines is 1. The minimum absolute atomic E-state index is 0.0541. The van der Waals surface area contributed by atoms with Crippen LogP contribution in [0.3, 0.4) is 0 Å². The Morgan fingerprint density at radius 2 is 1.85 bits per heavy atom. The molecular weight excluding hydrogens is 326 g/mol. The standard InChI is InChI=1S/C20H23N5O/c1-23(2)17-8-9-22-18(14-17)20(26)25-12-10-24(11-13-25)19(15-21)16-6-4-3-5-7-16/h3-9,14,19H,10-13H2,1-2H3. The third-order valence-electron chi connectivity index (χ3n) is 4.68. The first-order chi connectivity index (χ1) is 12.6. The molecule has 2 heterocycles. The number of piperazine rings is 1. The fourth-order valence-electron chi connectivity index (χ4n) is 3.16. The molecule has 1 saturated heterocycles. The molecule has 6 heteroatoms. The van der Waals surface area contributed by atoms with Crippen molar-refractivity contribution in [3.05, 3.63) is 59.9 Å². The zero-order valence-electron chi connectivity index (χ0n) is 15.2. The van der Waals surface area contributed by atoms with Crippen LogP contribution in [0.25, 0.3) is 0 Å². The second-order valence-corrected chi connectivity index (χ2v) is 6.56. The summed E-state index contributed by atoms with van der Waals surface area (Å²) in [6.07, 6.45) is 1.67. The van der Waals surface area contributed by atoms with E-state index in [0.29, 0.717) is 31.9 Å². The Bertz CT molecular complexity index is 791. The number of hydrogen-bond donors (Lipinski definition) is 0. The number of carbonyl (C=O) groups excluding carboxylic acids is 1. The van der Waals surface area contributed by atoms with Gasteiger partial charge in [-0.25, -0.2) is 0 Å². The highest BCUT2D eigenvalue weighted by Gasteiger charge is 2.28. The SMILES string of the molecule is CN(C)c1ccnc(C(=O)N2CCN(C(C#N)c3ccccc3)CC2)c1.